The molecule has 0 atom stereocenters. The number of thioether (sulfide) groups is 1. The quantitative estimate of drug-likeness (QED) is 0.464. The van der Waals surface area contributed by atoms with Crippen LogP contribution in [0.1, 0.15) is 24.1 Å². The van der Waals surface area contributed by atoms with E-state index in [-0.39, 0.29) is 17.3 Å². The number of rotatable bonds is 5. The van der Waals surface area contributed by atoms with Crippen LogP contribution in [0.2, 0.25) is 0 Å². The van der Waals surface area contributed by atoms with Crippen molar-refractivity contribution in [2.24, 2.45) is 0 Å². The Hall–Kier alpha value is -2.84. The lowest BCUT2D eigenvalue weighted by Gasteiger charge is -2.37. The number of carbonyl (C=O) groups excluding carboxylic acids is 1. The maximum Gasteiger partial charge on any atom is 0.367 e. The summed E-state index contributed by atoms with van der Waals surface area (Å²) >= 11 is 1.37. The fraction of sp³-hybridized carbons (Fsp3) is 0.400. The molecule has 1 aliphatic carbocycles. The van der Waals surface area contributed by atoms with E-state index in [1.807, 2.05) is 47.1 Å². The van der Waals surface area contributed by atoms with Gasteiger partial charge in [0.2, 0.25) is 5.91 Å². The number of hydrogen-bond acceptors (Lipinski definition) is 6. The number of hydrogen-bond donors (Lipinski definition) is 1. The van der Waals surface area contributed by atoms with Crippen molar-refractivity contribution >= 4 is 34.1 Å². The van der Waals surface area contributed by atoms with Crippen LogP contribution in [0.25, 0.3) is 10.8 Å². The minimum atomic E-state index is -0.225. The predicted molar refractivity (Wildman–Crippen MR) is 134 cm³/mol. The van der Waals surface area contributed by atoms with Gasteiger partial charge in [-0.05, 0) is 44.2 Å². The van der Waals surface area contributed by atoms with Gasteiger partial charge in [0.25, 0.3) is 0 Å². The average molecular weight is 464 g/mol. The summed E-state index contributed by atoms with van der Waals surface area (Å²) in [7, 11) is 2.11. The molecule has 1 N–H and O–H groups in total. The molecule has 2 aliphatic rings. The summed E-state index contributed by atoms with van der Waals surface area (Å²) in [5.74, 6) is 0.131. The Kier molecular flexibility index (Phi) is 6.37. The van der Waals surface area contributed by atoms with E-state index in [0.29, 0.717) is 5.03 Å². The van der Waals surface area contributed by atoms with E-state index in [0.717, 1.165) is 79.6 Å². The second kappa shape index (κ2) is 9.57. The van der Waals surface area contributed by atoms with Gasteiger partial charge in [-0.1, -0.05) is 48.2 Å². The number of benzene rings is 2. The van der Waals surface area contributed by atoms with Crippen molar-refractivity contribution in [3.8, 4) is 0 Å². The van der Waals surface area contributed by atoms with Crippen molar-refractivity contribution in [1.29, 1.82) is 0 Å². The molecule has 2 aromatic carbocycles. The van der Waals surface area contributed by atoms with Crippen LogP contribution >= 0.6 is 11.8 Å². The molecule has 0 unspecified atom stereocenters. The van der Waals surface area contributed by atoms with Crippen LogP contribution in [0, 0.1) is 0 Å². The highest BCUT2D eigenvalue weighted by atomic mass is 32.2. The van der Waals surface area contributed by atoms with Crippen LogP contribution < -0.4 is 16.0 Å². The number of nitrogens with one attached hydrogen (secondary N) is 1. The zero-order valence-corrected chi connectivity index (χ0v) is 19.7. The van der Waals surface area contributed by atoms with Crippen LogP contribution in [-0.4, -0.2) is 59.4 Å². The van der Waals surface area contributed by atoms with Crippen molar-refractivity contribution in [2.75, 3.05) is 49.3 Å². The summed E-state index contributed by atoms with van der Waals surface area (Å²) in [4.78, 5) is 32.6. The lowest BCUT2D eigenvalue weighted by atomic mass is 9.97. The first-order valence-corrected chi connectivity index (χ1v) is 12.6. The van der Waals surface area contributed by atoms with Crippen LogP contribution in [0.4, 0.5) is 5.69 Å². The van der Waals surface area contributed by atoms with Crippen molar-refractivity contribution in [1.82, 2.24) is 14.6 Å². The van der Waals surface area contributed by atoms with E-state index < -0.39 is 0 Å². The Balaban J connectivity index is 1.35. The Labute approximate surface area is 197 Å². The van der Waals surface area contributed by atoms with Crippen molar-refractivity contribution in [3.05, 3.63) is 64.2 Å². The van der Waals surface area contributed by atoms with Gasteiger partial charge in [0, 0.05) is 42.8 Å². The first kappa shape index (κ1) is 22.0. The van der Waals surface area contributed by atoms with Crippen molar-refractivity contribution in [2.45, 2.75) is 30.7 Å². The SMILES string of the molecule is CN1CCN(n2c3c(c(SCC(=O)Nc4cccc5ccccc45)nc2=O)CCCC3)CC1. The standard InChI is InChI=1S/C25H29N5O2S/c1-28-13-15-29(16-14-28)30-22-12-5-4-10-20(22)24(27-25(30)32)33-17-23(31)26-21-11-6-8-18-7-2-3-9-19(18)21/h2-3,6-9,11H,4-5,10,12-17H2,1H3,(H,26,31). The van der Waals surface area contributed by atoms with Crippen LogP contribution in [-0.2, 0) is 17.6 Å². The largest absolute Gasteiger partial charge is 0.367 e. The zero-order valence-electron chi connectivity index (χ0n) is 18.9. The van der Waals surface area contributed by atoms with E-state index in [2.05, 4.69) is 27.3 Å². The van der Waals surface area contributed by atoms with Crippen LogP contribution in [0.5, 0.6) is 0 Å². The second-order valence-electron chi connectivity index (χ2n) is 8.76. The zero-order chi connectivity index (χ0) is 22.8. The molecule has 3 aromatic rings. The molecular formula is C25H29N5O2S. The number of fused-ring (bicyclic) bond motifs is 2. The molecule has 1 aromatic heterocycles. The smallest absolute Gasteiger partial charge is 0.325 e. The minimum absolute atomic E-state index is 0.0917. The molecule has 8 heteroatoms. The normalized spacial score (nSPS) is 16.6. The molecule has 1 saturated heterocycles. The molecule has 2 heterocycles. The number of piperazine rings is 1. The van der Waals surface area contributed by atoms with E-state index in [4.69, 9.17) is 0 Å². The van der Waals surface area contributed by atoms with Gasteiger partial charge in [0.05, 0.1) is 11.4 Å². The number of likely N-dealkylation sites (N-methyl/N-ethyl adjacent to an activating group) is 1. The highest BCUT2D eigenvalue weighted by Gasteiger charge is 2.25. The number of amides is 1. The van der Waals surface area contributed by atoms with E-state index >= 15 is 0 Å². The molecule has 1 amide bonds. The van der Waals surface area contributed by atoms with Crippen LogP contribution in [0.15, 0.2) is 52.3 Å². The Bertz CT molecular complexity index is 1230. The fourth-order valence-corrected chi connectivity index (χ4v) is 5.61. The van der Waals surface area contributed by atoms with Gasteiger partial charge in [-0.3, -0.25) is 4.79 Å². The predicted octanol–water partition coefficient (Wildman–Crippen LogP) is 2.89. The van der Waals surface area contributed by atoms with E-state index in [9.17, 15) is 9.59 Å². The first-order valence-electron chi connectivity index (χ1n) is 11.6. The summed E-state index contributed by atoms with van der Waals surface area (Å²) in [5, 5.41) is 8.00. The fourth-order valence-electron chi connectivity index (χ4n) is 4.73. The molecule has 0 bridgehead atoms. The summed E-state index contributed by atoms with van der Waals surface area (Å²) in [6.45, 7) is 3.52. The number of anilines is 1. The molecule has 5 rings (SSSR count). The Morgan fingerprint density at radius 2 is 1.79 bits per heavy atom. The Morgan fingerprint density at radius 3 is 2.64 bits per heavy atom. The van der Waals surface area contributed by atoms with Crippen LogP contribution in [0.3, 0.4) is 0 Å². The summed E-state index contributed by atoms with van der Waals surface area (Å²) in [6, 6.07) is 13.9. The highest BCUT2D eigenvalue weighted by Crippen LogP contribution is 2.29. The number of nitrogens with zero attached hydrogens (tertiary/aromatic N) is 4. The van der Waals surface area contributed by atoms with Crippen molar-refractivity contribution in [3.63, 3.8) is 0 Å². The first-order chi connectivity index (χ1) is 16.1. The molecule has 33 heavy (non-hydrogen) atoms. The highest BCUT2D eigenvalue weighted by molar-refractivity contribution is 8.00. The lowest BCUT2D eigenvalue weighted by Crippen LogP contribution is -2.54. The van der Waals surface area contributed by atoms with Gasteiger partial charge in [-0.25, -0.2) is 9.47 Å². The lowest BCUT2D eigenvalue weighted by molar-refractivity contribution is -0.113. The summed E-state index contributed by atoms with van der Waals surface area (Å²) in [5.41, 5.74) is 2.81. The van der Waals surface area contributed by atoms with Gasteiger partial charge in [-0.2, -0.15) is 4.98 Å². The number of carbonyl (C=O) groups is 1. The molecule has 0 spiro atoms. The maximum atomic E-state index is 13.1. The Morgan fingerprint density at radius 1 is 1.03 bits per heavy atom. The molecular weight excluding hydrogens is 434 g/mol. The monoisotopic (exact) mass is 463 g/mol. The van der Waals surface area contributed by atoms with E-state index in [1.165, 1.54) is 11.8 Å². The van der Waals surface area contributed by atoms with Crippen molar-refractivity contribution < 1.29 is 4.79 Å². The molecule has 0 radical (unpaired) electrons. The third-order valence-electron chi connectivity index (χ3n) is 6.50. The summed E-state index contributed by atoms with van der Waals surface area (Å²) in [6.07, 6.45) is 3.96. The third kappa shape index (κ3) is 4.63. The van der Waals surface area contributed by atoms with Gasteiger partial charge < -0.3 is 15.2 Å². The average Bonchev–Trinajstić information content (AvgIpc) is 2.84. The topological polar surface area (TPSA) is 70.5 Å². The molecule has 1 aliphatic heterocycles. The minimum Gasteiger partial charge on any atom is -0.325 e. The van der Waals surface area contributed by atoms with Gasteiger partial charge >= 0.3 is 5.69 Å². The second-order valence-corrected chi connectivity index (χ2v) is 9.73. The van der Waals surface area contributed by atoms with Gasteiger partial charge in [-0.15, -0.1) is 0 Å². The number of aromatic nitrogens is 2. The molecule has 172 valence electrons. The maximum absolute atomic E-state index is 13.1. The third-order valence-corrected chi connectivity index (χ3v) is 7.51. The van der Waals surface area contributed by atoms with Gasteiger partial charge in [0.15, 0.2) is 0 Å². The molecule has 7 nitrogen and oxygen atoms in total. The molecule has 0 saturated carbocycles. The van der Waals surface area contributed by atoms with E-state index in [1.54, 1.807) is 0 Å². The summed E-state index contributed by atoms with van der Waals surface area (Å²) < 4.78 is 1.82. The molecule has 1 fully saturated rings. The van der Waals surface area contributed by atoms with Gasteiger partial charge in [0.1, 0.15) is 5.03 Å².